The van der Waals surface area contributed by atoms with Crippen LogP contribution in [0.2, 0.25) is 0 Å². The summed E-state index contributed by atoms with van der Waals surface area (Å²) in [5.74, 6) is -4.02. The van der Waals surface area contributed by atoms with Crippen molar-refractivity contribution in [2.24, 2.45) is 10.7 Å². The molecular formula is C13H13F2N5O6S. The second-order valence-electron chi connectivity index (χ2n) is 5.82. The van der Waals surface area contributed by atoms with E-state index in [1.807, 2.05) is 0 Å². The standard InChI is InChI=1S/C13H13F2N5O6S/c14-7-2-3-8(17-10(7)15)12(21)18-11(16)9-4-1-6-5-19(9)13(22)20(6)26-27(23,24)25/h2-3,6,9H,1,4-5H2,(H2,16,18,21)(H,23,24,25)/t6-,9+/m1/s1. The van der Waals surface area contributed by atoms with Gasteiger partial charge in [-0.2, -0.15) is 22.9 Å². The zero-order chi connectivity index (χ0) is 19.9. The van der Waals surface area contributed by atoms with E-state index in [1.54, 1.807) is 0 Å². The molecule has 1 aromatic heterocycles. The minimum absolute atomic E-state index is 0.0346. The van der Waals surface area contributed by atoms with Crippen molar-refractivity contribution in [1.82, 2.24) is 14.9 Å². The average molecular weight is 405 g/mol. The van der Waals surface area contributed by atoms with Crippen molar-refractivity contribution in [3.8, 4) is 0 Å². The van der Waals surface area contributed by atoms with Gasteiger partial charge in [-0.15, -0.1) is 4.28 Å². The van der Waals surface area contributed by atoms with Crippen molar-refractivity contribution < 1.29 is 35.6 Å². The lowest BCUT2D eigenvalue weighted by Gasteiger charge is -2.29. The van der Waals surface area contributed by atoms with Gasteiger partial charge in [0.05, 0.1) is 12.1 Å². The number of aromatic nitrogens is 1. The Morgan fingerprint density at radius 3 is 2.70 bits per heavy atom. The molecular weight excluding hydrogens is 392 g/mol. The quantitative estimate of drug-likeness (QED) is 0.303. The average Bonchev–Trinajstić information content (AvgIpc) is 2.80. The number of hydrogen-bond acceptors (Lipinski definition) is 6. The van der Waals surface area contributed by atoms with Crippen LogP contribution >= 0.6 is 0 Å². The number of carbonyl (C=O) groups excluding carboxylic acids is 2. The topological polar surface area (TPSA) is 155 Å². The minimum Gasteiger partial charge on any atom is -0.385 e. The summed E-state index contributed by atoms with van der Waals surface area (Å²) >= 11 is 0. The molecule has 3 N–H and O–H groups in total. The molecule has 2 aliphatic heterocycles. The van der Waals surface area contributed by atoms with Crippen LogP contribution in [0.15, 0.2) is 17.1 Å². The first kappa shape index (κ1) is 19.1. The van der Waals surface area contributed by atoms with E-state index >= 15 is 0 Å². The Kier molecular flexibility index (Phi) is 4.79. The van der Waals surface area contributed by atoms with Gasteiger partial charge in [0.1, 0.15) is 11.5 Å². The third-order valence-corrected chi connectivity index (χ3v) is 4.44. The number of piperidine rings is 1. The van der Waals surface area contributed by atoms with E-state index in [2.05, 4.69) is 14.3 Å². The third kappa shape index (κ3) is 3.86. The lowest BCUT2D eigenvalue weighted by atomic mass is 10.0. The zero-order valence-corrected chi connectivity index (χ0v) is 14.3. The molecule has 2 fully saturated rings. The predicted octanol–water partition coefficient (Wildman–Crippen LogP) is -0.140. The first-order valence-electron chi connectivity index (χ1n) is 7.54. The number of carbonyl (C=O) groups is 2. The highest BCUT2D eigenvalue weighted by Crippen LogP contribution is 2.30. The van der Waals surface area contributed by atoms with Gasteiger partial charge in [-0.3, -0.25) is 9.35 Å². The highest BCUT2D eigenvalue weighted by atomic mass is 32.3. The van der Waals surface area contributed by atoms with Crippen molar-refractivity contribution in [1.29, 1.82) is 0 Å². The molecule has 146 valence electrons. The summed E-state index contributed by atoms with van der Waals surface area (Å²) < 4.78 is 60.7. The van der Waals surface area contributed by atoms with Crippen molar-refractivity contribution in [3.05, 3.63) is 29.6 Å². The lowest BCUT2D eigenvalue weighted by molar-refractivity contribution is -0.0316. The van der Waals surface area contributed by atoms with E-state index in [4.69, 9.17) is 10.3 Å². The number of amidine groups is 1. The van der Waals surface area contributed by atoms with Crippen molar-refractivity contribution in [2.75, 3.05) is 6.54 Å². The van der Waals surface area contributed by atoms with Gasteiger partial charge in [0, 0.05) is 6.54 Å². The number of hydrogen-bond donors (Lipinski definition) is 2. The van der Waals surface area contributed by atoms with Crippen LogP contribution in [-0.2, 0) is 14.7 Å². The highest BCUT2D eigenvalue weighted by molar-refractivity contribution is 7.80. The summed E-state index contributed by atoms with van der Waals surface area (Å²) in [4.78, 5) is 32.1. The molecule has 2 bridgehead atoms. The van der Waals surface area contributed by atoms with Crippen LogP contribution in [0.25, 0.3) is 0 Å². The number of hydroxylamine groups is 2. The van der Waals surface area contributed by atoms with Crippen molar-refractivity contribution >= 4 is 28.2 Å². The number of aliphatic imine (C=N–C) groups is 1. The molecule has 0 radical (unpaired) electrons. The summed E-state index contributed by atoms with van der Waals surface area (Å²) in [6.45, 7) is 0.0346. The molecule has 0 spiro atoms. The molecule has 3 rings (SSSR count). The molecule has 0 aliphatic carbocycles. The van der Waals surface area contributed by atoms with Gasteiger partial charge < -0.3 is 10.6 Å². The van der Waals surface area contributed by atoms with Crippen LogP contribution in [0, 0.1) is 11.8 Å². The second kappa shape index (κ2) is 6.79. The Morgan fingerprint density at radius 1 is 1.37 bits per heavy atom. The molecule has 0 unspecified atom stereocenters. The fourth-order valence-corrected chi connectivity index (χ4v) is 3.31. The first-order chi connectivity index (χ1) is 12.6. The normalized spacial score (nSPS) is 23.1. The second-order valence-corrected chi connectivity index (χ2v) is 6.83. The number of nitrogens with zero attached hydrogens (tertiary/aromatic N) is 4. The summed E-state index contributed by atoms with van der Waals surface area (Å²) in [5.41, 5.74) is 5.31. The Morgan fingerprint density at radius 2 is 2.07 bits per heavy atom. The first-order valence-corrected chi connectivity index (χ1v) is 8.90. The van der Waals surface area contributed by atoms with Crippen LogP contribution in [0.5, 0.6) is 0 Å². The Labute approximate surface area is 151 Å². The molecule has 2 atom stereocenters. The number of halogens is 2. The van der Waals surface area contributed by atoms with Crippen LogP contribution < -0.4 is 5.73 Å². The maximum atomic E-state index is 13.1. The van der Waals surface area contributed by atoms with Crippen LogP contribution in [0.4, 0.5) is 13.6 Å². The van der Waals surface area contributed by atoms with Gasteiger partial charge >= 0.3 is 16.4 Å². The van der Waals surface area contributed by atoms with Gasteiger partial charge in [0.15, 0.2) is 5.82 Å². The van der Waals surface area contributed by atoms with E-state index in [0.717, 1.165) is 11.0 Å². The third-order valence-electron chi connectivity index (χ3n) is 4.09. The maximum Gasteiger partial charge on any atom is 0.418 e. The molecule has 14 heteroatoms. The molecule has 2 saturated heterocycles. The van der Waals surface area contributed by atoms with E-state index < -0.39 is 51.9 Å². The Balaban J connectivity index is 1.78. The monoisotopic (exact) mass is 405 g/mol. The van der Waals surface area contributed by atoms with Gasteiger partial charge in [-0.25, -0.2) is 14.2 Å². The molecule has 3 amide bonds. The van der Waals surface area contributed by atoms with Gasteiger partial charge in [0.2, 0.25) is 5.95 Å². The number of urea groups is 1. The smallest absolute Gasteiger partial charge is 0.385 e. The van der Waals surface area contributed by atoms with Crippen LogP contribution in [0.3, 0.4) is 0 Å². The van der Waals surface area contributed by atoms with Gasteiger partial charge in [0.25, 0.3) is 5.91 Å². The summed E-state index contributed by atoms with van der Waals surface area (Å²) in [5, 5.41) is 0.515. The zero-order valence-electron chi connectivity index (χ0n) is 13.4. The highest BCUT2D eigenvalue weighted by Gasteiger charge is 2.48. The lowest BCUT2D eigenvalue weighted by Crippen LogP contribution is -2.48. The molecule has 2 aliphatic rings. The summed E-state index contributed by atoms with van der Waals surface area (Å²) in [6.07, 6.45) is 0.492. The van der Waals surface area contributed by atoms with E-state index in [9.17, 15) is 26.8 Å². The molecule has 11 nitrogen and oxygen atoms in total. The Bertz CT molecular complexity index is 939. The molecule has 3 heterocycles. The van der Waals surface area contributed by atoms with Gasteiger partial charge in [-0.1, -0.05) is 0 Å². The van der Waals surface area contributed by atoms with E-state index in [-0.39, 0.29) is 25.2 Å². The minimum atomic E-state index is -4.89. The fourth-order valence-electron chi connectivity index (χ4n) is 2.92. The Hall–Kier alpha value is -2.71. The number of amides is 3. The summed E-state index contributed by atoms with van der Waals surface area (Å²) in [7, 11) is -4.89. The van der Waals surface area contributed by atoms with E-state index in [0.29, 0.717) is 11.1 Å². The van der Waals surface area contributed by atoms with Crippen molar-refractivity contribution in [2.45, 2.75) is 24.9 Å². The number of rotatable bonds is 4. The molecule has 0 saturated carbocycles. The van der Waals surface area contributed by atoms with E-state index in [1.165, 1.54) is 0 Å². The molecule has 1 aromatic rings. The SMILES string of the molecule is NC(=NC(=O)c1ccc(F)c(F)n1)[C@@H]1CC[C@@H]2CN1C(=O)N2OS(=O)(=O)O. The van der Waals surface area contributed by atoms with Crippen LogP contribution in [-0.4, -0.2) is 64.3 Å². The van der Waals surface area contributed by atoms with Crippen molar-refractivity contribution in [3.63, 3.8) is 0 Å². The summed E-state index contributed by atoms with van der Waals surface area (Å²) in [6, 6.07) is -0.722. The van der Waals surface area contributed by atoms with Gasteiger partial charge in [-0.05, 0) is 25.0 Å². The molecule has 27 heavy (non-hydrogen) atoms. The fraction of sp³-hybridized carbons (Fsp3) is 0.385. The largest absolute Gasteiger partial charge is 0.418 e. The number of nitrogens with two attached hydrogens (primary N) is 1. The predicted molar refractivity (Wildman–Crippen MR) is 83.5 cm³/mol. The number of fused-ring (bicyclic) bond motifs is 2. The van der Waals surface area contributed by atoms with Crippen LogP contribution in [0.1, 0.15) is 23.3 Å². The molecule has 0 aromatic carbocycles. The number of pyridine rings is 1. The maximum absolute atomic E-state index is 13.1.